The molecule has 0 spiro atoms. The lowest BCUT2D eigenvalue weighted by atomic mass is 10.1. The molecule has 2 N–H and O–H groups in total. The van der Waals surface area contributed by atoms with Crippen LogP contribution >= 0.6 is 0 Å². The van der Waals surface area contributed by atoms with Crippen LogP contribution in [0, 0.1) is 6.92 Å². The molecule has 0 unspecified atom stereocenters. The van der Waals surface area contributed by atoms with Gasteiger partial charge < -0.3 is 10.6 Å². The SMILES string of the molecule is CNc1ccc(C(=O)NCc2cnn(C)c2)c(C)c1. The second kappa shape index (κ2) is 5.56. The average molecular weight is 258 g/mol. The molecule has 0 saturated heterocycles. The third kappa shape index (κ3) is 3.13. The lowest BCUT2D eigenvalue weighted by Crippen LogP contribution is -2.23. The van der Waals surface area contributed by atoms with Gasteiger partial charge in [0.1, 0.15) is 0 Å². The molecule has 0 fully saturated rings. The van der Waals surface area contributed by atoms with Crippen molar-refractivity contribution in [3.8, 4) is 0 Å². The van der Waals surface area contributed by atoms with Crippen molar-refractivity contribution in [2.24, 2.45) is 7.05 Å². The number of nitrogens with zero attached hydrogens (tertiary/aromatic N) is 2. The summed E-state index contributed by atoms with van der Waals surface area (Å²) in [7, 11) is 3.71. The molecular weight excluding hydrogens is 240 g/mol. The molecule has 1 heterocycles. The number of carbonyl (C=O) groups excluding carboxylic acids is 1. The van der Waals surface area contributed by atoms with Crippen LogP contribution in [0.5, 0.6) is 0 Å². The molecule has 0 bridgehead atoms. The number of nitrogens with one attached hydrogen (secondary N) is 2. The third-order valence-corrected chi connectivity index (χ3v) is 2.97. The minimum absolute atomic E-state index is 0.0657. The lowest BCUT2D eigenvalue weighted by molar-refractivity contribution is 0.0950. The highest BCUT2D eigenvalue weighted by molar-refractivity contribution is 5.96. The molecule has 19 heavy (non-hydrogen) atoms. The zero-order valence-electron chi connectivity index (χ0n) is 11.4. The van der Waals surface area contributed by atoms with Crippen LogP contribution in [0.1, 0.15) is 21.5 Å². The Hall–Kier alpha value is -2.30. The highest BCUT2D eigenvalue weighted by Gasteiger charge is 2.09. The van der Waals surface area contributed by atoms with Crippen molar-refractivity contribution in [3.63, 3.8) is 0 Å². The van der Waals surface area contributed by atoms with Crippen LogP contribution in [-0.2, 0) is 13.6 Å². The Labute approximate surface area is 112 Å². The molecule has 1 aromatic heterocycles. The van der Waals surface area contributed by atoms with Gasteiger partial charge in [-0.25, -0.2) is 0 Å². The zero-order chi connectivity index (χ0) is 13.8. The van der Waals surface area contributed by atoms with Gasteiger partial charge in [0.25, 0.3) is 5.91 Å². The molecule has 5 nitrogen and oxygen atoms in total. The van der Waals surface area contributed by atoms with Crippen LogP contribution < -0.4 is 10.6 Å². The molecule has 0 saturated carbocycles. The maximum absolute atomic E-state index is 12.1. The van der Waals surface area contributed by atoms with Crippen LogP contribution in [0.3, 0.4) is 0 Å². The van der Waals surface area contributed by atoms with Gasteiger partial charge in [-0.15, -0.1) is 0 Å². The van der Waals surface area contributed by atoms with E-state index in [1.807, 2.05) is 45.4 Å². The van der Waals surface area contributed by atoms with Crippen LogP contribution in [0.15, 0.2) is 30.6 Å². The first-order valence-corrected chi connectivity index (χ1v) is 6.14. The Morgan fingerprint density at radius 1 is 1.42 bits per heavy atom. The minimum Gasteiger partial charge on any atom is -0.388 e. The Balaban J connectivity index is 2.03. The molecule has 0 aliphatic heterocycles. The first-order chi connectivity index (χ1) is 9.10. The predicted octanol–water partition coefficient (Wildman–Crippen LogP) is 1.70. The standard InChI is InChI=1S/C14H18N4O/c1-10-6-12(15-2)4-5-13(10)14(19)16-7-11-8-17-18(3)9-11/h4-6,8-9,15H,7H2,1-3H3,(H,16,19). The summed E-state index contributed by atoms with van der Waals surface area (Å²) in [6.07, 6.45) is 3.63. The van der Waals surface area contributed by atoms with E-state index in [9.17, 15) is 4.79 Å². The molecule has 0 atom stereocenters. The van der Waals surface area contributed by atoms with Crippen molar-refractivity contribution >= 4 is 11.6 Å². The van der Waals surface area contributed by atoms with Gasteiger partial charge in [0, 0.05) is 43.7 Å². The number of aromatic nitrogens is 2. The largest absolute Gasteiger partial charge is 0.388 e. The molecular formula is C14H18N4O. The quantitative estimate of drug-likeness (QED) is 0.877. The minimum atomic E-state index is -0.0657. The molecule has 0 aliphatic carbocycles. The van der Waals surface area contributed by atoms with Crippen molar-refractivity contribution in [3.05, 3.63) is 47.3 Å². The summed E-state index contributed by atoms with van der Waals surface area (Å²) >= 11 is 0. The van der Waals surface area contributed by atoms with Crippen LogP contribution in [0.4, 0.5) is 5.69 Å². The van der Waals surface area contributed by atoms with Crippen molar-refractivity contribution in [1.82, 2.24) is 15.1 Å². The Kier molecular flexibility index (Phi) is 3.85. The number of rotatable bonds is 4. The summed E-state index contributed by atoms with van der Waals surface area (Å²) in [5, 5.41) is 10.0. The Morgan fingerprint density at radius 2 is 2.21 bits per heavy atom. The van der Waals surface area contributed by atoms with E-state index in [1.165, 1.54) is 0 Å². The van der Waals surface area contributed by atoms with Crippen LogP contribution in [0.25, 0.3) is 0 Å². The van der Waals surface area contributed by atoms with E-state index in [1.54, 1.807) is 10.9 Å². The van der Waals surface area contributed by atoms with Crippen molar-refractivity contribution < 1.29 is 4.79 Å². The number of benzene rings is 1. The molecule has 5 heteroatoms. The summed E-state index contributed by atoms with van der Waals surface area (Å²) in [6.45, 7) is 2.42. The average Bonchev–Trinajstić information content (AvgIpc) is 2.81. The summed E-state index contributed by atoms with van der Waals surface area (Å²) in [6, 6.07) is 5.69. The lowest BCUT2D eigenvalue weighted by Gasteiger charge is -2.08. The molecule has 2 rings (SSSR count). The predicted molar refractivity (Wildman–Crippen MR) is 75.1 cm³/mol. The summed E-state index contributed by atoms with van der Waals surface area (Å²) in [4.78, 5) is 12.1. The molecule has 100 valence electrons. The van der Waals surface area contributed by atoms with E-state index in [0.29, 0.717) is 12.1 Å². The highest BCUT2D eigenvalue weighted by Crippen LogP contribution is 2.14. The Bertz CT molecular complexity index is 589. The highest BCUT2D eigenvalue weighted by atomic mass is 16.1. The molecule has 1 amide bonds. The monoisotopic (exact) mass is 258 g/mol. The third-order valence-electron chi connectivity index (χ3n) is 2.97. The zero-order valence-corrected chi connectivity index (χ0v) is 11.4. The number of carbonyl (C=O) groups is 1. The van der Waals surface area contributed by atoms with Gasteiger partial charge in [0.2, 0.25) is 0 Å². The summed E-state index contributed by atoms with van der Waals surface area (Å²) in [5.41, 5.74) is 3.64. The van der Waals surface area contributed by atoms with Gasteiger partial charge in [-0.1, -0.05) is 0 Å². The number of hydrogen-bond acceptors (Lipinski definition) is 3. The van der Waals surface area contributed by atoms with E-state index in [-0.39, 0.29) is 5.91 Å². The number of amides is 1. The van der Waals surface area contributed by atoms with Gasteiger partial charge >= 0.3 is 0 Å². The first kappa shape index (κ1) is 13.1. The van der Waals surface area contributed by atoms with E-state index >= 15 is 0 Å². The maximum Gasteiger partial charge on any atom is 0.251 e. The fraction of sp³-hybridized carbons (Fsp3) is 0.286. The smallest absolute Gasteiger partial charge is 0.251 e. The fourth-order valence-electron chi connectivity index (χ4n) is 1.91. The molecule has 2 aromatic rings. The molecule has 1 aromatic carbocycles. The second-order valence-corrected chi connectivity index (χ2v) is 4.48. The van der Waals surface area contributed by atoms with Crippen molar-refractivity contribution in [2.75, 3.05) is 12.4 Å². The van der Waals surface area contributed by atoms with Gasteiger partial charge in [-0.2, -0.15) is 5.10 Å². The maximum atomic E-state index is 12.1. The van der Waals surface area contributed by atoms with Gasteiger partial charge in [-0.05, 0) is 30.7 Å². The molecule has 0 radical (unpaired) electrons. The topological polar surface area (TPSA) is 59.0 Å². The normalized spacial score (nSPS) is 10.3. The van der Waals surface area contributed by atoms with Gasteiger partial charge in [0.15, 0.2) is 0 Å². The van der Waals surface area contributed by atoms with E-state index in [2.05, 4.69) is 15.7 Å². The molecule has 0 aliphatic rings. The first-order valence-electron chi connectivity index (χ1n) is 6.14. The Morgan fingerprint density at radius 3 is 2.79 bits per heavy atom. The van der Waals surface area contributed by atoms with Crippen LogP contribution in [0.2, 0.25) is 0 Å². The van der Waals surface area contributed by atoms with Gasteiger partial charge in [0.05, 0.1) is 6.20 Å². The fourth-order valence-corrected chi connectivity index (χ4v) is 1.91. The number of aryl methyl sites for hydroxylation is 2. The van der Waals surface area contributed by atoms with Crippen molar-refractivity contribution in [1.29, 1.82) is 0 Å². The number of anilines is 1. The second-order valence-electron chi connectivity index (χ2n) is 4.48. The number of hydrogen-bond donors (Lipinski definition) is 2. The van der Waals surface area contributed by atoms with Crippen LogP contribution in [-0.4, -0.2) is 22.7 Å². The van der Waals surface area contributed by atoms with E-state index in [0.717, 1.165) is 16.8 Å². The summed E-state index contributed by atoms with van der Waals surface area (Å²) < 4.78 is 1.72. The van der Waals surface area contributed by atoms with E-state index < -0.39 is 0 Å². The summed E-state index contributed by atoms with van der Waals surface area (Å²) in [5.74, 6) is -0.0657. The van der Waals surface area contributed by atoms with Crippen molar-refractivity contribution in [2.45, 2.75) is 13.5 Å². The van der Waals surface area contributed by atoms with Gasteiger partial charge in [-0.3, -0.25) is 9.48 Å². The van der Waals surface area contributed by atoms with E-state index in [4.69, 9.17) is 0 Å².